The van der Waals surface area contributed by atoms with E-state index in [1.165, 1.54) is 55.6 Å². The Hall–Kier alpha value is -8.02. The van der Waals surface area contributed by atoms with E-state index >= 15 is 0 Å². The summed E-state index contributed by atoms with van der Waals surface area (Å²) in [5.74, 6) is 1.75. The van der Waals surface area contributed by atoms with Crippen LogP contribution in [0.1, 0.15) is 111 Å². The SMILES string of the molecule is Cc1cc2c3c(c1)N(c1ccc(C(C)(C)C)cc1)c1cc4c(-c5ccccc5)oc(-c5ccccc5)c4cc1B3c1ccc(N(c3ccc(C(C)(C)C)cc3)c3ccc(C(C)(C)C)cc3)cc1N2c1ccc(C(C)(C)C)cc1. The molecule has 0 radical (unpaired) electrons. The molecule has 0 N–H and O–H groups in total. The van der Waals surface area contributed by atoms with Gasteiger partial charge in [0.2, 0.25) is 0 Å². The Kier molecular flexibility index (Phi) is 12.1. The summed E-state index contributed by atoms with van der Waals surface area (Å²) in [7, 11) is 0. The van der Waals surface area contributed by atoms with Gasteiger partial charge in [-0.3, -0.25) is 0 Å². The van der Waals surface area contributed by atoms with Crippen LogP contribution in [0, 0.1) is 6.92 Å². The molecule has 2 aliphatic rings. The summed E-state index contributed by atoms with van der Waals surface area (Å²) in [5, 5.41) is 2.19. The molecule has 0 saturated carbocycles. The molecule has 12 rings (SSSR count). The van der Waals surface area contributed by atoms with E-state index in [1.54, 1.807) is 0 Å². The lowest BCUT2D eigenvalue weighted by molar-refractivity contribution is 0.590. The monoisotopic (exact) mass is 1020 g/mol. The van der Waals surface area contributed by atoms with Gasteiger partial charge in [-0.15, -0.1) is 0 Å². The van der Waals surface area contributed by atoms with Crippen LogP contribution in [0.25, 0.3) is 33.4 Å². The van der Waals surface area contributed by atoms with Gasteiger partial charge in [-0.05, 0) is 152 Å². The molecule has 0 atom stereocenters. The van der Waals surface area contributed by atoms with Crippen molar-refractivity contribution in [1.29, 1.82) is 0 Å². The normalized spacial score (nSPS) is 13.4. The molecule has 3 heterocycles. The van der Waals surface area contributed by atoms with E-state index in [1.807, 2.05) is 0 Å². The minimum Gasteiger partial charge on any atom is -0.455 e. The minimum atomic E-state index is -0.126. The fourth-order valence-electron chi connectivity index (χ4n) is 11.9. The van der Waals surface area contributed by atoms with Gasteiger partial charge in [0.25, 0.3) is 6.71 Å². The molecule has 0 fully saturated rings. The van der Waals surface area contributed by atoms with Gasteiger partial charge in [0.05, 0.1) is 0 Å². The molecule has 0 spiro atoms. The van der Waals surface area contributed by atoms with E-state index in [-0.39, 0.29) is 28.4 Å². The Morgan fingerprint density at radius 1 is 0.359 bits per heavy atom. The van der Waals surface area contributed by atoms with Crippen molar-refractivity contribution in [2.24, 2.45) is 0 Å². The van der Waals surface area contributed by atoms with E-state index in [0.29, 0.717) is 0 Å². The summed E-state index contributed by atoms with van der Waals surface area (Å²) in [6.45, 7) is 29.6. The zero-order valence-corrected chi connectivity index (χ0v) is 47.9. The van der Waals surface area contributed by atoms with Crippen molar-refractivity contribution < 1.29 is 4.42 Å². The summed E-state index contributed by atoms with van der Waals surface area (Å²) in [6.07, 6.45) is 0. The number of aryl methyl sites for hydroxylation is 1. The van der Waals surface area contributed by atoms with Crippen molar-refractivity contribution in [3.05, 3.63) is 228 Å². The second-order valence-electron chi connectivity index (χ2n) is 26.0. The van der Waals surface area contributed by atoms with Crippen molar-refractivity contribution in [3.8, 4) is 22.6 Å². The molecule has 4 nitrogen and oxygen atoms in total. The Labute approximate surface area is 464 Å². The number of hydrogen-bond donors (Lipinski definition) is 0. The molecule has 0 bridgehead atoms. The Balaban J connectivity index is 1.16. The van der Waals surface area contributed by atoms with Crippen LogP contribution in [0.4, 0.5) is 51.2 Å². The Bertz CT molecular complexity index is 3810. The highest BCUT2D eigenvalue weighted by molar-refractivity contribution is 7.00. The van der Waals surface area contributed by atoms with E-state index < -0.39 is 0 Å². The molecule has 1 aromatic heterocycles. The maximum atomic E-state index is 7.18. The molecule has 0 unspecified atom stereocenters. The second kappa shape index (κ2) is 18.6. The van der Waals surface area contributed by atoms with Crippen LogP contribution in [-0.2, 0) is 21.7 Å². The third-order valence-electron chi connectivity index (χ3n) is 16.3. The van der Waals surface area contributed by atoms with Crippen LogP contribution in [-0.4, -0.2) is 6.71 Å². The van der Waals surface area contributed by atoms with Crippen molar-refractivity contribution in [2.75, 3.05) is 14.7 Å². The van der Waals surface area contributed by atoms with Gasteiger partial charge in [0.1, 0.15) is 11.5 Å². The summed E-state index contributed by atoms with van der Waals surface area (Å²) >= 11 is 0. The second-order valence-corrected chi connectivity index (χ2v) is 26.0. The smallest absolute Gasteiger partial charge is 0.252 e. The van der Waals surface area contributed by atoms with E-state index in [2.05, 4.69) is 305 Å². The molecule has 9 aromatic carbocycles. The van der Waals surface area contributed by atoms with Gasteiger partial charge in [-0.25, -0.2) is 0 Å². The number of furan rings is 1. The standard InChI is InChI=1S/C73H72BN3O/c1-47-42-65-67-66(43-47)77(57-38-30-53(31-39-57)73(11,12)13)64-46-60-59(68(48-20-16-14-17-21-48)78-69(60)49-22-18-15-19-23-49)45-62(64)74(67)61-41-40-58(44-63(61)76(65)56-36-28-52(29-37-56)72(8,9)10)75(54-32-24-50(25-33-54)70(2,3)4)55-34-26-51(27-35-55)71(5,6)7/h14-46H,1-13H3. The highest BCUT2D eigenvalue weighted by Crippen LogP contribution is 2.50. The zero-order valence-electron chi connectivity index (χ0n) is 47.9. The maximum Gasteiger partial charge on any atom is 0.252 e. The Morgan fingerprint density at radius 3 is 1.14 bits per heavy atom. The first kappa shape index (κ1) is 50.8. The summed E-state index contributed by atoms with van der Waals surface area (Å²) in [4.78, 5) is 7.54. The third-order valence-corrected chi connectivity index (χ3v) is 16.3. The molecule has 0 aliphatic carbocycles. The summed E-state index contributed by atoms with van der Waals surface area (Å²) in [5.41, 5.74) is 22.6. The van der Waals surface area contributed by atoms with Crippen LogP contribution < -0.4 is 31.1 Å². The quantitative estimate of drug-likeness (QED) is 0.148. The molecule has 388 valence electrons. The first-order valence-corrected chi connectivity index (χ1v) is 27.9. The topological polar surface area (TPSA) is 22.9 Å². The summed E-state index contributed by atoms with van der Waals surface area (Å²) in [6, 6.07) is 75.3. The van der Waals surface area contributed by atoms with Crippen LogP contribution in [0.3, 0.4) is 0 Å². The molecule has 0 saturated heterocycles. The van der Waals surface area contributed by atoms with Gasteiger partial charge < -0.3 is 19.1 Å². The maximum absolute atomic E-state index is 7.18. The fraction of sp³-hybridized carbons (Fsp3) is 0.233. The predicted molar refractivity (Wildman–Crippen MR) is 335 cm³/mol. The minimum absolute atomic E-state index is 0.000248. The van der Waals surface area contributed by atoms with Crippen LogP contribution in [0.2, 0.25) is 0 Å². The van der Waals surface area contributed by atoms with Gasteiger partial charge in [0, 0.05) is 73.1 Å². The van der Waals surface area contributed by atoms with Crippen LogP contribution >= 0.6 is 0 Å². The Morgan fingerprint density at radius 2 is 0.731 bits per heavy atom. The number of anilines is 9. The molecule has 0 amide bonds. The van der Waals surface area contributed by atoms with Crippen LogP contribution in [0.5, 0.6) is 0 Å². The lowest BCUT2D eigenvalue weighted by Crippen LogP contribution is -2.61. The van der Waals surface area contributed by atoms with E-state index in [4.69, 9.17) is 4.42 Å². The number of benzene rings is 9. The predicted octanol–water partition coefficient (Wildman–Crippen LogP) is 18.8. The van der Waals surface area contributed by atoms with Gasteiger partial charge in [-0.1, -0.05) is 204 Å². The van der Waals surface area contributed by atoms with E-state index in [9.17, 15) is 0 Å². The number of hydrogen-bond acceptors (Lipinski definition) is 4. The van der Waals surface area contributed by atoms with E-state index in [0.717, 1.165) is 73.2 Å². The van der Waals surface area contributed by atoms with Gasteiger partial charge in [0.15, 0.2) is 0 Å². The van der Waals surface area contributed by atoms with Gasteiger partial charge >= 0.3 is 0 Å². The fourth-order valence-corrected chi connectivity index (χ4v) is 11.9. The van der Waals surface area contributed by atoms with Crippen molar-refractivity contribution >= 4 is 85.1 Å². The average molecular weight is 1020 g/mol. The average Bonchev–Trinajstić information content (AvgIpc) is 3.13. The summed E-state index contributed by atoms with van der Waals surface area (Å²) < 4.78 is 7.18. The number of nitrogens with zero attached hydrogens (tertiary/aromatic N) is 3. The highest BCUT2D eigenvalue weighted by atomic mass is 16.3. The van der Waals surface area contributed by atoms with Crippen LogP contribution in [0.15, 0.2) is 205 Å². The zero-order chi connectivity index (χ0) is 54.6. The van der Waals surface area contributed by atoms with Crippen molar-refractivity contribution in [1.82, 2.24) is 0 Å². The lowest BCUT2D eigenvalue weighted by atomic mass is 9.33. The molecule has 5 heteroatoms. The van der Waals surface area contributed by atoms with Crippen molar-refractivity contribution in [3.63, 3.8) is 0 Å². The molecular weight excluding hydrogens is 946 g/mol. The first-order chi connectivity index (χ1) is 37.1. The molecule has 78 heavy (non-hydrogen) atoms. The highest BCUT2D eigenvalue weighted by Gasteiger charge is 2.44. The largest absolute Gasteiger partial charge is 0.455 e. The molecule has 10 aromatic rings. The molecule has 2 aliphatic heterocycles. The molecular formula is C73H72BN3O. The lowest BCUT2D eigenvalue weighted by Gasteiger charge is -2.45. The van der Waals surface area contributed by atoms with Gasteiger partial charge in [-0.2, -0.15) is 0 Å². The number of fused-ring (bicyclic) bond motifs is 5. The first-order valence-electron chi connectivity index (χ1n) is 27.9. The number of rotatable bonds is 7. The van der Waals surface area contributed by atoms with Crippen molar-refractivity contribution in [2.45, 2.75) is 112 Å². The third kappa shape index (κ3) is 8.91.